The predicted molar refractivity (Wildman–Crippen MR) is 98.8 cm³/mol. The van der Waals surface area contributed by atoms with Crippen molar-refractivity contribution in [3.05, 3.63) is 45.2 Å². The highest BCUT2D eigenvalue weighted by Gasteiger charge is 2.11. The van der Waals surface area contributed by atoms with Crippen molar-refractivity contribution in [3.63, 3.8) is 0 Å². The molecular weight excluding hydrogens is 388 g/mol. The van der Waals surface area contributed by atoms with E-state index in [1.54, 1.807) is 37.1 Å². The molecule has 6 nitrogen and oxygen atoms in total. The van der Waals surface area contributed by atoms with Crippen LogP contribution in [0.15, 0.2) is 22.7 Å². The van der Waals surface area contributed by atoms with Crippen LogP contribution in [0.5, 0.6) is 11.5 Å². The fraction of sp³-hybridized carbons (Fsp3) is 0.333. The summed E-state index contributed by atoms with van der Waals surface area (Å²) in [5, 5.41) is 4.31. The smallest absolute Gasteiger partial charge is 0.331 e. The molecule has 2 aromatic rings. The van der Waals surface area contributed by atoms with Crippen molar-refractivity contribution in [3.8, 4) is 11.5 Å². The topological polar surface area (TPSA) is 62.6 Å². The van der Waals surface area contributed by atoms with E-state index in [2.05, 4.69) is 21.0 Å². The maximum absolute atomic E-state index is 12.0. The number of methoxy groups -OCH3 is 2. The Morgan fingerprint density at radius 1 is 1.24 bits per heavy atom. The van der Waals surface area contributed by atoms with Gasteiger partial charge in [-0.1, -0.05) is 15.9 Å². The van der Waals surface area contributed by atoms with Gasteiger partial charge in [0.1, 0.15) is 6.61 Å². The van der Waals surface area contributed by atoms with E-state index in [4.69, 9.17) is 14.2 Å². The van der Waals surface area contributed by atoms with E-state index in [1.165, 1.54) is 6.08 Å². The van der Waals surface area contributed by atoms with Crippen molar-refractivity contribution in [2.24, 2.45) is 7.05 Å². The Bertz CT molecular complexity index is 812. The molecule has 0 atom stereocenters. The van der Waals surface area contributed by atoms with Gasteiger partial charge in [-0.25, -0.2) is 4.79 Å². The van der Waals surface area contributed by atoms with Crippen LogP contribution in [0.4, 0.5) is 0 Å². The summed E-state index contributed by atoms with van der Waals surface area (Å²) in [4.78, 5) is 12.0. The predicted octanol–water partition coefficient (Wildman–Crippen LogP) is 3.57. The summed E-state index contributed by atoms with van der Waals surface area (Å²) < 4.78 is 18.4. The molecule has 1 heterocycles. The van der Waals surface area contributed by atoms with E-state index < -0.39 is 5.97 Å². The SMILES string of the molecule is COc1cc(Br)c(COC(=O)/C=C/c2c(C)nn(C)c2C)cc1OC. The van der Waals surface area contributed by atoms with Gasteiger partial charge >= 0.3 is 5.97 Å². The van der Waals surface area contributed by atoms with Crippen LogP contribution in [0.1, 0.15) is 22.5 Å². The highest BCUT2D eigenvalue weighted by atomic mass is 79.9. The number of nitrogens with zero attached hydrogens (tertiary/aromatic N) is 2. The van der Waals surface area contributed by atoms with Gasteiger partial charge in [0.15, 0.2) is 11.5 Å². The zero-order valence-corrected chi connectivity index (χ0v) is 16.5. The van der Waals surface area contributed by atoms with Crippen LogP contribution in [0.3, 0.4) is 0 Å². The van der Waals surface area contributed by atoms with E-state index in [-0.39, 0.29) is 6.61 Å². The number of halogens is 1. The molecule has 0 saturated carbocycles. The van der Waals surface area contributed by atoms with Gasteiger partial charge in [-0.3, -0.25) is 4.68 Å². The first-order valence-corrected chi connectivity index (χ1v) is 8.42. The molecule has 0 aliphatic rings. The van der Waals surface area contributed by atoms with Gasteiger partial charge in [-0.05, 0) is 32.1 Å². The van der Waals surface area contributed by atoms with Crippen LogP contribution in [0.25, 0.3) is 6.08 Å². The number of hydrogen-bond donors (Lipinski definition) is 0. The first-order valence-electron chi connectivity index (χ1n) is 7.62. The average molecular weight is 409 g/mol. The van der Waals surface area contributed by atoms with E-state index in [9.17, 15) is 4.79 Å². The number of rotatable bonds is 6. The molecule has 0 aliphatic heterocycles. The van der Waals surface area contributed by atoms with Crippen molar-refractivity contribution in [1.82, 2.24) is 9.78 Å². The Morgan fingerprint density at radius 3 is 2.44 bits per heavy atom. The summed E-state index contributed by atoms with van der Waals surface area (Å²) in [6.45, 7) is 3.97. The second-order valence-electron chi connectivity index (χ2n) is 5.45. The number of benzene rings is 1. The Kier molecular flexibility index (Phi) is 6.25. The average Bonchev–Trinajstić information content (AvgIpc) is 2.83. The fourth-order valence-electron chi connectivity index (χ4n) is 2.39. The summed E-state index contributed by atoms with van der Waals surface area (Å²) in [6.07, 6.45) is 3.13. The number of ether oxygens (including phenoxy) is 3. The summed E-state index contributed by atoms with van der Waals surface area (Å²) in [5.74, 6) is 0.755. The van der Waals surface area contributed by atoms with Gasteiger partial charge in [-0.2, -0.15) is 5.10 Å². The highest BCUT2D eigenvalue weighted by molar-refractivity contribution is 9.10. The van der Waals surface area contributed by atoms with Crippen molar-refractivity contribution in [2.75, 3.05) is 14.2 Å². The molecule has 0 spiro atoms. The molecule has 0 aliphatic carbocycles. The quantitative estimate of drug-likeness (QED) is 0.539. The molecule has 0 fully saturated rings. The summed E-state index contributed by atoms with van der Waals surface area (Å²) >= 11 is 3.44. The van der Waals surface area contributed by atoms with Gasteiger partial charge in [0.25, 0.3) is 0 Å². The van der Waals surface area contributed by atoms with E-state index >= 15 is 0 Å². The number of aromatic nitrogens is 2. The van der Waals surface area contributed by atoms with Crippen LogP contribution in [0.2, 0.25) is 0 Å². The summed E-state index contributed by atoms with van der Waals surface area (Å²) in [6, 6.07) is 3.55. The van der Waals surface area contributed by atoms with Crippen LogP contribution in [0, 0.1) is 13.8 Å². The van der Waals surface area contributed by atoms with Gasteiger partial charge in [0.2, 0.25) is 0 Å². The molecule has 0 radical (unpaired) electrons. The molecule has 1 aromatic carbocycles. The molecule has 7 heteroatoms. The fourth-order valence-corrected chi connectivity index (χ4v) is 2.82. The maximum Gasteiger partial charge on any atom is 0.331 e. The third-order valence-corrected chi connectivity index (χ3v) is 4.61. The number of aryl methyl sites for hydroxylation is 2. The molecule has 0 N–H and O–H groups in total. The van der Waals surface area contributed by atoms with Crippen molar-refractivity contribution in [2.45, 2.75) is 20.5 Å². The second kappa shape index (κ2) is 8.20. The zero-order valence-electron chi connectivity index (χ0n) is 14.9. The molecule has 134 valence electrons. The zero-order chi connectivity index (χ0) is 18.6. The molecular formula is C18H21BrN2O4. The molecule has 0 unspecified atom stereocenters. The Morgan fingerprint density at radius 2 is 1.88 bits per heavy atom. The van der Waals surface area contributed by atoms with Crippen LogP contribution in [-0.4, -0.2) is 30.0 Å². The van der Waals surface area contributed by atoms with Crippen molar-refractivity contribution < 1.29 is 19.0 Å². The molecule has 0 amide bonds. The Balaban J connectivity index is 2.06. The second-order valence-corrected chi connectivity index (χ2v) is 6.30. The van der Waals surface area contributed by atoms with E-state index in [0.29, 0.717) is 11.5 Å². The Labute approximate surface area is 155 Å². The minimum Gasteiger partial charge on any atom is -0.493 e. The van der Waals surface area contributed by atoms with Gasteiger partial charge in [-0.15, -0.1) is 0 Å². The van der Waals surface area contributed by atoms with Gasteiger partial charge in [0.05, 0.1) is 19.9 Å². The van der Waals surface area contributed by atoms with Crippen LogP contribution in [-0.2, 0) is 23.2 Å². The lowest BCUT2D eigenvalue weighted by Gasteiger charge is -2.11. The van der Waals surface area contributed by atoms with Crippen LogP contribution < -0.4 is 9.47 Å². The van der Waals surface area contributed by atoms with Crippen molar-refractivity contribution in [1.29, 1.82) is 0 Å². The number of carbonyl (C=O) groups is 1. The lowest BCUT2D eigenvalue weighted by Crippen LogP contribution is -2.02. The molecule has 2 rings (SSSR count). The van der Waals surface area contributed by atoms with Gasteiger partial charge in [0, 0.05) is 34.4 Å². The van der Waals surface area contributed by atoms with Crippen molar-refractivity contribution >= 4 is 28.0 Å². The highest BCUT2D eigenvalue weighted by Crippen LogP contribution is 2.33. The molecule has 25 heavy (non-hydrogen) atoms. The lowest BCUT2D eigenvalue weighted by molar-refractivity contribution is -0.138. The summed E-state index contributed by atoms with van der Waals surface area (Å²) in [5.41, 5.74) is 3.57. The standard InChI is InChI=1S/C18H21BrN2O4/c1-11-14(12(2)21(3)20-11)6-7-18(22)25-10-13-8-16(23-4)17(24-5)9-15(13)19/h6-9H,10H2,1-5H3/b7-6+. The third kappa shape index (κ3) is 4.42. The third-order valence-electron chi connectivity index (χ3n) is 3.87. The first-order chi connectivity index (χ1) is 11.9. The maximum atomic E-state index is 12.0. The van der Waals surface area contributed by atoms with E-state index in [1.807, 2.05) is 20.9 Å². The largest absolute Gasteiger partial charge is 0.493 e. The number of carbonyl (C=O) groups excluding carboxylic acids is 1. The Hall–Kier alpha value is -2.28. The minimum absolute atomic E-state index is 0.120. The lowest BCUT2D eigenvalue weighted by atomic mass is 10.2. The van der Waals surface area contributed by atoms with Crippen LogP contribution >= 0.6 is 15.9 Å². The van der Waals surface area contributed by atoms with E-state index in [0.717, 1.165) is 27.0 Å². The molecule has 0 bridgehead atoms. The number of hydrogen-bond acceptors (Lipinski definition) is 5. The summed E-state index contributed by atoms with van der Waals surface area (Å²) in [7, 11) is 4.99. The molecule has 1 aromatic heterocycles. The van der Waals surface area contributed by atoms with Gasteiger partial charge < -0.3 is 14.2 Å². The normalized spacial score (nSPS) is 11.0. The monoisotopic (exact) mass is 408 g/mol. The minimum atomic E-state index is -0.427. The number of esters is 1. The molecule has 0 saturated heterocycles. The first kappa shape index (κ1) is 19.1.